The highest BCUT2D eigenvalue weighted by molar-refractivity contribution is 8.13. The summed E-state index contributed by atoms with van der Waals surface area (Å²) in [6, 6.07) is 5.15. The van der Waals surface area contributed by atoms with Crippen LogP contribution in [-0.4, -0.2) is 15.0 Å². The summed E-state index contributed by atoms with van der Waals surface area (Å²) in [5.74, 6) is 0.630. The lowest BCUT2D eigenvalue weighted by Gasteiger charge is -2.21. The zero-order chi connectivity index (χ0) is 14.8. The summed E-state index contributed by atoms with van der Waals surface area (Å²) in [6.07, 6.45) is 0. The van der Waals surface area contributed by atoms with Gasteiger partial charge in [0.25, 0.3) is 9.05 Å². The highest BCUT2D eigenvalue weighted by atomic mass is 35.7. The zero-order valence-corrected chi connectivity index (χ0v) is 13.6. The van der Waals surface area contributed by atoms with Crippen LogP contribution < -0.4 is 4.74 Å². The molecule has 5 heteroatoms. The van der Waals surface area contributed by atoms with Gasteiger partial charge in [-0.15, -0.1) is 0 Å². The highest BCUT2D eigenvalue weighted by Crippen LogP contribution is 2.32. The highest BCUT2D eigenvalue weighted by Gasteiger charge is 2.22. The van der Waals surface area contributed by atoms with E-state index >= 15 is 0 Å². The molecule has 0 unspecified atom stereocenters. The van der Waals surface area contributed by atoms with Crippen molar-refractivity contribution < 1.29 is 13.2 Å². The van der Waals surface area contributed by atoms with Gasteiger partial charge in [0.05, 0.1) is 6.61 Å². The predicted octanol–water partition coefficient (Wildman–Crippen LogP) is 3.95. The minimum absolute atomic E-state index is 0.0437. The Morgan fingerprint density at radius 2 is 1.84 bits per heavy atom. The molecule has 0 saturated heterocycles. The number of benzene rings is 1. The third-order valence-electron chi connectivity index (χ3n) is 2.64. The molecule has 0 spiro atoms. The van der Waals surface area contributed by atoms with Gasteiger partial charge in [-0.05, 0) is 29.0 Å². The maximum absolute atomic E-state index is 11.7. The molecule has 0 bridgehead atoms. The van der Waals surface area contributed by atoms with E-state index in [1.807, 2.05) is 40.7 Å². The summed E-state index contributed by atoms with van der Waals surface area (Å²) >= 11 is 0. The van der Waals surface area contributed by atoms with Crippen LogP contribution in [0.5, 0.6) is 5.75 Å². The molecule has 0 aliphatic carbocycles. The molecule has 3 nitrogen and oxygen atoms in total. The molecule has 0 amide bonds. The second-order valence-corrected chi connectivity index (χ2v) is 8.59. The molecule has 1 aromatic rings. The minimum atomic E-state index is -3.82. The van der Waals surface area contributed by atoms with Crippen molar-refractivity contribution in [2.75, 3.05) is 6.61 Å². The Morgan fingerprint density at radius 1 is 1.26 bits per heavy atom. The van der Waals surface area contributed by atoms with Crippen LogP contribution >= 0.6 is 10.7 Å². The summed E-state index contributed by atoms with van der Waals surface area (Å²) in [5, 5.41) is 0. The Bertz CT molecular complexity index is 542. The van der Waals surface area contributed by atoms with Crippen molar-refractivity contribution in [2.24, 2.45) is 5.92 Å². The number of ether oxygens (including phenoxy) is 1. The molecule has 19 heavy (non-hydrogen) atoms. The van der Waals surface area contributed by atoms with Gasteiger partial charge < -0.3 is 4.74 Å². The SMILES string of the molecule is CC(C)COc1ccc(C(C)(C)C)cc1S(=O)(=O)Cl. The first-order valence-electron chi connectivity index (χ1n) is 6.24. The first-order chi connectivity index (χ1) is 8.51. The van der Waals surface area contributed by atoms with E-state index in [9.17, 15) is 8.42 Å². The largest absolute Gasteiger partial charge is 0.492 e. The summed E-state index contributed by atoms with van der Waals surface area (Å²) in [6.45, 7) is 10.5. The van der Waals surface area contributed by atoms with Gasteiger partial charge in [0, 0.05) is 10.7 Å². The maximum Gasteiger partial charge on any atom is 0.264 e. The molecular weight excluding hydrogens is 284 g/mol. The van der Waals surface area contributed by atoms with Gasteiger partial charge in [-0.2, -0.15) is 0 Å². The Hall–Kier alpha value is -0.740. The molecule has 0 aliphatic rings. The topological polar surface area (TPSA) is 43.4 Å². The first kappa shape index (κ1) is 16.3. The second kappa shape index (κ2) is 5.71. The number of hydrogen-bond donors (Lipinski definition) is 0. The Labute approximate surface area is 120 Å². The van der Waals surface area contributed by atoms with Crippen LogP contribution in [0.4, 0.5) is 0 Å². The molecule has 0 heterocycles. The second-order valence-electron chi connectivity index (χ2n) is 6.05. The monoisotopic (exact) mass is 304 g/mol. The average molecular weight is 305 g/mol. The number of rotatable bonds is 4. The Balaban J connectivity index is 3.26. The van der Waals surface area contributed by atoms with Crippen LogP contribution in [0.2, 0.25) is 0 Å². The van der Waals surface area contributed by atoms with E-state index in [-0.39, 0.29) is 10.3 Å². The molecule has 0 aliphatic heterocycles. The van der Waals surface area contributed by atoms with Crippen molar-refractivity contribution in [3.05, 3.63) is 23.8 Å². The van der Waals surface area contributed by atoms with E-state index < -0.39 is 9.05 Å². The summed E-state index contributed by atoms with van der Waals surface area (Å²) < 4.78 is 28.9. The standard InChI is InChI=1S/C14H21ClO3S/c1-10(2)9-18-12-7-6-11(14(3,4)5)8-13(12)19(15,16)17/h6-8,10H,9H2,1-5H3. The van der Waals surface area contributed by atoms with E-state index in [1.165, 1.54) is 0 Å². The van der Waals surface area contributed by atoms with Gasteiger partial charge in [0.15, 0.2) is 0 Å². The van der Waals surface area contributed by atoms with Crippen molar-refractivity contribution in [1.29, 1.82) is 0 Å². The molecule has 108 valence electrons. The van der Waals surface area contributed by atoms with Gasteiger partial charge in [0.1, 0.15) is 10.6 Å². The van der Waals surface area contributed by atoms with Crippen LogP contribution in [0, 0.1) is 5.92 Å². The van der Waals surface area contributed by atoms with Gasteiger partial charge in [-0.3, -0.25) is 0 Å². The molecule has 1 aromatic carbocycles. The van der Waals surface area contributed by atoms with Crippen molar-refractivity contribution in [3.63, 3.8) is 0 Å². The van der Waals surface area contributed by atoms with Crippen LogP contribution in [0.1, 0.15) is 40.2 Å². The fraction of sp³-hybridized carbons (Fsp3) is 0.571. The predicted molar refractivity (Wildman–Crippen MR) is 78.5 cm³/mol. The third kappa shape index (κ3) is 4.69. The fourth-order valence-electron chi connectivity index (χ4n) is 1.54. The molecule has 0 aromatic heterocycles. The van der Waals surface area contributed by atoms with Gasteiger partial charge >= 0.3 is 0 Å². The Kier molecular flexibility index (Phi) is 4.91. The summed E-state index contributed by atoms with van der Waals surface area (Å²) in [5.41, 5.74) is 0.760. The molecule has 0 fully saturated rings. The maximum atomic E-state index is 11.7. The number of hydrogen-bond acceptors (Lipinski definition) is 3. The normalized spacial score (nSPS) is 12.8. The van der Waals surface area contributed by atoms with Crippen molar-refractivity contribution >= 4 is 19.7 Å². The van der Waals surface area contributed by atoms with E-state index in [4.69, 9.17) is 15.4 Å². The fourth-order valence-corrected chi connectivity index (χ4v) is 2.54. The van der Waals surface area contributed by atoms with Crippen LogP contribution in [0.15, 0.2) is 23.1 Å². The lowest BCUT2D eigenvalue weighted by Crippen LogP contribution is -2.13. The average Bonchev–Trinajstić information content (AvgIpc) is 2.23. The van der Waals surface area contributed by atoms with Gasteiger partial charge in [-0.25, -0.2) is 8.42 Å². The summed E-state index contributed by atoms with van der Waals surface area (Å²) in [7, 11) is 1.68. The molecular formula is C14H21ClO3S. The van der Waals surface area contributed by atoms with E-state index in [0.29, 0.717) is 18.3 Å². The van der Waals surface area contributed by atoms with Crippen molar-refractivity contribution in [3.8, 4) is 5.75 Å². The lowest BCUT2D eigenvalue weighted by atomic mass is 9.87. The first-order valence-corrected chi connectivity index (χ1v) is 8.54. The van der Waals surface area contributed by atoms with Crippen molar-refractivity contribution in [2.45, 2.75) is 44.9 Å². The molecule has 1 rings (SSSR count). The zero-order valence-electron chi connectivity index (χ0n) is 12.0. The smallest absolute Gasteiger partial charge is 0.264 e. The van der Waals surface area contributed by atoms with Gasteiger partial charge in [-0.1, -0.05) is 40.7 Å². The molecule has 0 N–H and O–H groups in total. The van der Waals surface area contributed by atoms with Crippen molar-refractivity contribution in [1.82, 2.24) is 0 Å². The third-order valence-corrected chi connectivity index (χ3v) is 3.99. The molecule has 0 atom stereocenters. The van der Waals surface area contributed by atoms with Crippen LogP contribution in [-0.2, 0) is 14.5 Å². The molecule has 0 radical (unpaired) electrons. The Morgan fingerprint density at radius 3 is 2.26 bits per heavy atom. The number of halogens is 1. The van der Waals surface area contributed by atoms with Crippen LogP contribution in [0.25, 0.3) is 0 Å². The lowest BCUT2D eigenvalue weighted by molar-refractivity contribution is 0.264. The van der Waals surface area contributed by atoms with Gasteiger partial charge in [0.2, 0.25) is 0 Å². The van der Waals surface area contributed by atoms with E-state index in [2.05, 4.69) is 0 Å². The van der Waals surface area contributed by atoms with Crippen LogP contribution in [0.3, 0.4) is 0 Å². The quantitative estimate of drug-likeness (QED) is 0.791. The summed E-state index contributed by atoms with van der Waals surface area (Å²) in [4.78, 5) is 0.0437. The minimum Gasteiger partial charge on any atom is -0.492 e. The van der Waals surface area contributed by atoms with E-state index in [0.717, 1.165) is 5.56 Å². The van der Waals surface area contributed by atoms with E-state index in [1.54, 1.807) is 12.1 Å². The molecule has 0 saturated carbocycles.